The lowest BCUT2D eigenvalue weighted by Gasteiger charge is -2.15. The molecule has 0 radical (unpaired) electrons. The summed E-state index contributed by atoms with van der Waals surface area (Å²) in [7, 11) is 0. The number of carbonyl (C=O) groups excluding carboxylic acids is 2. The van der Waals surface area contributed by atoms with Crippen LogP contribution in [0.1, 0.15) is 232 Å². The second kappa shape index (κ2) is 55.6. The van der Waals surface area contributed by atoms with Gasteiger partial charge in [-0.1, -0.05) is 238 Å². The molecule has 0 aromatic rings. The van der Waals surface area contributed by atoms with Crippen molar-refractivity contribution in [2.45, 2.75) is 238 Å². The molecule has 0 spiro atoms. The summed E-state index contributed by atoms with van der Waals surface area (Å²) in [6, 6.07) is 0. The van der Waals surface area contributed by atoms with E-state index in [2.05, 4.69) is 135 Å². The van der Waals surface area contributed by atoms with Crippen molar-refractivity contribution in [3.05, 3.63) is 122 Å². The van der Waals surface area contributed by atoms with Crippen LogP contribution in [-0.2, 0) is 19.1 Å². The van der Waals surface area contributed by atoms with Crippen LogP contribution in [0.5, 0.6) is 0 Å². The molecule has 0 aromatic heterocycles. The van der Waals surface area contributed by atoms with E-state index in [1.807, 2.05) is 0 Å². The number of rotatable bonds is 48. The standard InChI is InChI=1S/C61H100O5/c1-3-5-7-9-11-13-15-17-19-20-21-22-23-24-25-26-27-28-29-30-31-32-33-34-35-36-37-38-39-40-42-44-46-48-50-52-54-56-61(64)66-59(57-62)58-65-60(63)55-53-51-49-47-45-43-41-18-16-14-12-10-8-6-4-2/h5-8,11-14,17-19,21-22,24-25,27-28,30-31,41,59,62H,3-4,9-10,15-16,20,23,26,29,32-40,42-58H2,1-2H3/b7-5-,8-6-,13-11-,14-12-,19-17-,22-21-,25-24-,28-27-,31-30-,41-18-. The van der Waals surface area contributed by atoms with Gasteiger partial charge in [0.2, 0.25) is 0 Å². The van der Waals surface area contributed by atoms with Crippen LogP contribution >= 0.6 is 0 Å². The van der Waals surface area contributed by atoms with Gasteiger partial charge in [-0.2, -0.15) is 0 Å². The predicted octanol–water partition coefficient (Wildman–Crippen LogP) is 18.3. The van der Waals surface area contributed by atoms with E-state index >= 15 is 0 Å². The number of allylic oxidation sites excluding steroid dienone is 20. The van der Waals surface area contributed by atoms with Crippen molar-refractivity contribution in [2.24, 2.45) is 0 Å². The molecule has 0 amide bonds. The van der Waals surface area contributed by atoms with Crippen molar-refractivity contribution in [3.63, 3.8) is 0 Å². The van der Waals surface area contributed by atoms with Gasteiger partial charge in [-0.25, -0.2) is 0 Å². The molecule has 5 heteroatoms. The molecule has 1 unspecified atom stereocenters. The van der Waals surface area contributed by atoms with Crippen molar-refractivity contribution < 1.29 is 24.2 Å². The molecular weight excluding hydrogens is 813 g/mol. The molecule has 0 heterocycles. The molecular formula is C61H100O5. The van der Waals surface area contributed by atoms with Gasteiger partial charge in [0.25, 0.3) is 0 Å². The Morgan fingerprint density at radius 1 is 0.348 bits per heavy atom. The third-order valence-electron chi connectivity index (χ3n) is 11.3. The minimum atomic E-state index is -0.786. The zero-order valence-electron chi connectivity index (χ0n) is 42.7. The van der Waals surface area contributed by atoms with Crippen LogP contribution < -0.4 is 0 Å². The van der Waals surface area contributed by atoms with E-state index in [4.69, 9.17) is 9.47 Å². The fraction of sp³-hybridized carbons (Fsp3) is 0.639. The average molecular weight is 913 g/mol. The minimum absolute atomic E-state index is 0.0796. The summed E-state index contributed by atoms with van der Waals surface area (Å²) in [5, 5.41) is 9.62. The highest BCUT2D eigenvalue weighted by atomic mass is 16.6. The second-order valence-electron chi connectivity index (χ2n) is 17.5. The lowest BCUT2D eigenvalue weighted by atomic mass is 10.0. The minimum Gasteiger partial charge on any atom is -0.462 e. The van der Waals surface area contributed by atoms with Gasteiger partial charge in [-0.05, 0) is 103 Å². The lowest BCUT2D eigenvalue weighted by Crippen LogP contribution is -2.28. The first-order valence-corrected chi connectivity index (χ1v) is 27.1. The molecule has 0 aromatic carbocycles. The molecule has 0 aliphatic carbocycles. The molecule has 0 saturated heterocycles. The van der Waals surface area contributed by atoms with Crippen molar-refractivity contribution in [1.82, 2.24) is 0 Å². The van der Waals surface area contributed by atoms with Crippen LogP contribution in [0.4, 0.5) is 0 Å². The highest BCUT2D eigenvalue weighted by molar-refractivity contribution is 5.70. The van der Waals surface area contributed by atoms with Crippen LogP contribution in [0.3, 0.4) is 0 Å². The van der Waals surface area contributed by atoms with E-state index in [0.29, 0.717) is 12.8 Å². The third-order valence-corrected chi connectivity index (χ3v) is 11.3. The molecule has 1 atom stereocenters. The first kappa shape index (κ1) is 62.3. The summed E-state index contributed by atoms with van der Waals surface area (Å²) in [5.74, 6) is -0.614. The SMILES string of the molecule is CC/C=C\C/C=C\C/C=C\C/C=C\C/C=C\C/C=C\C/C=C\CCCCCCCCCCCCCCCCCC(=O)OC(CO)COC(=O)CCCCCCC/C=C\C/C=C\C/C=C\CC. The smallest absolute Gasteiger partial charge is 0.306 e. The quantitative estimate of drug-likeness (QED) is 0.0374. The number of carbonyl (C=O) groups is 2. The average Bonchev–Trinajstić information content (AvgIpc) is 3.32. The Bertz CT molecular complexity index is 1350. The van der Waals surface area contributed by atoms with E-state index < -0.39 is 6.10 Å². The molecule has 66 heavy (non-hydrogen) atoms. The Balaban J connectivity index is 3.52. The predicted molar refractivity (Wildman–Crippen MR) is 288 cm³/mol. The van der Waals surface area contributed by atoms with Crippen LogP contribution in [0, 0.1) is 0 Å². The Kier molecular flexibility index (Phi) is 52.5. The molecule has 0 bridgehead atoms. The molecule has 0 saturated carbocycles. The number of unbranched alkanes of at least 4 members (excludes halogenated alkanes) is 20. The van der Waals surface area contributed by atoms with E-state index in [1.54, 1.807) is 0 Å². The molecule has 5 nitrogen and oxygen atoms in total. The Morgan fingerprint density at radius 2 is 0.606 bits per heavy atom. The molecule has 374 valence electrons. The second-order valence-corrected chi connectivity index (χ2v) is 17.5. The first-order valence-electron chi connectivity index (χ1n) is 27.1. The maximum absolute atomic E-state index is 12.3. The number of aliphatic hydroxyl groups excluding tert-OH is 1. The Hall–Kier alpha value is -3.70. The fourth-order valence-corrected chi connectivity index (χ4v) is 7.26. The fourth-order valence-electron chi connectivity index (χ4n) is 7.26. The number of esters is 2. The van der Waals surface area contributed by atoms with Gasteiger partial charge in [-0.3, -0.25) is 9.59 Å². The zero-order chi connectivity index (χ0) is 47.7. The maximum atomic E-state index is 12.3. The van der Waals surface area contributed by atoms with E-state index in [1.165, 1.54) is 89.9 Å². The third kappa shape index (κ3) is 52.9. The number of hydrogen-bond acceptors (Lipinski definition) is 5. The van der Waals surface area contributed by atoms with Crippen molar-refractivity contribution in [2.75, 3.05) is 13.2 Å². The lowest BCUT2D eigenvalue weighted by molar-refractivity contribution is -0.161. The van der Waals surface area contributed by atoms with Crippen molar-refractivity contribution in [3.8, 4) is 0 Å². The molecule has 0 aliphatic rings. The monoisotopic (exact) mass is 913 g/mol. The number of hydrogen-bond donors (Lipinski definition) is 1. The van der Waals surface area contributed by atoms with Crippen LogP contribution in [0.25, 0.3) is 0 Å². The van der Waals surface area contributed by atoms with Crippen LogP contribution in [0.2, 0.25) is 0 Å². The van der Waals surface area contributed by atoms with Crippen molar-refractivity contribution in [1.29, 1.82) is 0 Å². The summed E-state index contributed by atoms with van der Waals surface area (Å²) in [6.45, 7) is 3.90. The topological polar surface area (TPSA) is 72.8 Å². The molecule has 0 fully saturated rings. The number of aliphatic hydroxyl groups is 1. The summed E-state index contributed by atoms with van der Waals surface area (Å²) in [4.78, 5) is 24.4. The molecule has 0 aliphatic heterocycles. The largest absolute Gasteiger partial charge is 0.462 e. The zero-order valence-corrected chi connectivity index (χ0v) is 42.7. The summed E-state index contributed by atoms with van der Waals surface area (Å²) >= 11 is 0. The first-order chi connectivity index (χ1) is 32.6. The van der Waals surface area contributed by atoms with Gasteiger partial charge >= 0.3 is 11.9 Å². The van der Waals surface area contributed by atoms with Gasteiger partial charge in [0, 0.05) is 12.8 Å². The van der Waals surface area contributed by atoms with Crippen LogP contribution in [0.15, 0.2) is 122 Å². The highest BCUT2D eigenvalue weighted by Crippen LogP contribution is 2.15. The van der Waals surface area contributed by atoms with E-state index in [0.717, 1.165) is 116 Å². The van der Waals surface area contributed by atoms with Gasteiger partial charge in [-0.15, -0.1) is 0 Å². The van der Waals surface area contributed by atoms with E-state index in [9.17, 15) is 14.7 Å². The van der Waals surface area contributed by atoms with Crippen LogP contribution in [-0.4, -0.2) is 36.4 Å². The number of ether oxygens (including phenoxy) is 2. The Morgan fingerprint density at radius 3 is 0.909 bits per heavy atom. The normalized spacial score (nSPS) is 13.2. The van der Waals surface area contributed by atoms with Crippen molar-refractivity contribution >= 4 is 11.9 Å². The maximum Gasteiger partial charge on any atom is 0.306 e. The highest BCUT2D eigenvalue weighted by Gasteiger charge is 2.16. The summed E-state index contributed by atoms with van der Waals surface area (Å²) in [6.07, 6.45) is 81.7. The molecule has 1 N–H and O–H groups in total. The Labute approximate surface area is 407 Å². The van der Waals surface area contributed by atoms with Gasteiger partial charge in [0.15, 0.2) is 6.10 Å². The summed E-state index contributed by atoms with van der Waals surface area (Å²) in [5.41, 5.74) is 0. The van der Waals surface area contributed by atoms with Gasteiger partial charge < -0.3 is 14.6 Å². The summed E-state index contributed by atoms with van der Waals surface area (Å²) < 4.78 is 10.7. The van der Waals surface area contributed by atoms with E-state index in [-0.39, 0.29) is 25.2 Å². The van der Waals surface area contributed by atoms with Gasteiger partial charge in [0.1, 0.15) is 6.61 Å². The molecule has 0 rings (SSSR count). The van der Waals surface area contributed by atoms with Gasteiger partial charge in [0.05, 0.1) is 6.61 Å².